The monoisotopic (exact) mass is 280 g/mol. The fourth-order valence-corrected chi connectivity index (χ4v) is 3.20. The minimum Gasteiger partial charge on any atom is -0.380 e. The van der Waals surface area contributed by atoms with E-state index in [1.807, 2.05) is 0 Å². The summed E-state index contributed by atoms with van der Waals surface area (Å²) in [5.41, 5.74) is 6.69. The fraction of sp³-hybridized carbons (Fsp3) is 0.368. The Bertz CT molecular complexity index is 592. The second kappa shape index (κ2) is 6.21. The highest BCUT2D eigenvalue weighted by atomic mass is 15.1. The summed E-state index contributed by atoms with van der Waals surface area (Å²) in [6.45, 7) is 7.61. The number of para-hydroxylation sites is 2. The number of anilines is 2. The van der Waals surface area contributed by atoms with Crippen LogP contribution in [0.15, 0.2) is 42.5 Å². The van der Waals surface area contributed by atoms with Gasteiger partial charge in [-0.05, 0) is 49.4 Å². The number of hydrogen-bond donors (Lipinski definition) is 1. The van der Waals surface area contributed by atoms with E-state index in [9.17, 15) is 0 Å². The van der Waals surface area contributed by atoms with E-state index in [1.54, 1.807) is 0 Å². The first kappa shape index (κ1) is 14.0. The third-order valence-electron chi connectivity index (χ3n) is 4.38. The summed E-state index contributed by atoms with van der Waals surface area (Å²) in [4.78, 5) is 2.52. The molecule has 1 heterocycles. The summed E-state index contributed by atoms with van der Waals surface area (Å²) in [5, 5.41) is 3.63. The maximum atomic E-state index is 3.63. The Morgan fingerprint density at radius 2 is 1.57 bits per heavy atom. The summed E-state index contributed by atoms with van der Waals surface area (Å²) >= 11 is 0. The standard InChI is InChI=1S/C19H24N2/c1-15-8-7-9-16(2)19(15)20-14-17-10-3-4-11-18(17)21-12-5-6-13-21/h3-4,7-11,20H,5-6,12-14H2,1-2H3. The molecule has 21 heavy (non-hydrogen) atoms. The Balaban J connectivity index is 1.79. The van der Waals surface area contributed by atoms with Crippen LogP contribution in [-0.2, 0) is 6.54 Å². The normalized spacial score (nSPS) is 14.5. The van der Waals surface area contributed by atoms with Crippen LogP contribution < -0.4 is 10.2 Å². The maximum Gasteiger partial charge on any atom is 0.0421 e. The molecule has 1 saturated heterocycles. The number of benzene rings is 2. The molecule has 3 rings (SSSR count). The van der Waals surface area contributed by atoms with Crippen molar-refractivity contribution in [3.05, 3.63) is 59.2 Å². The quantitative estimate of drug-likeness (QED) is 0.886. The molecule has 0 bridgehead atoms. The van der Waals surface area contributed by atoms with E-state index in [-0.39, 0.29) is 0 Å². The van der Waals surface area contributed by atoms with Gasteiger partial charge in [0.15, 0.2) is 0 Å². The van der Waals surface area contributed by atoms with Gasteiger partial charge in [0.25, 0.3) is 0 Å². The van der Waals surface area contributed by atoms with E-state index in [0.29, 0.717) is 0 Å². The van der Waals surface area contributed by atoms with Gasteiger partial charge in [0.05, 0.1) is 0 Å². The molecule has 0 radical (unpaired) electrons. The Morgan fingerprint density at radius 1 is 0.905 bits per heavy atom. The van der Waals surface area contributed by atoms with Crippen molar-refractivity contribution in [3.8, 4) is 0 Å². The zero-order chi connectivity index (χ0) is 14.7. The predicted octanol–water partition coefficient (Wildman–Crippen LogP) is 4.52. The second-order valence-electron chi connectivity index (χ2n) is 5.94. The SMILES string of the molecule is Cc1cccc(C)c1NCc1ccccc1N1CCCC1. The molecule has 0 saturated carbocycles. The molecule has 0 aromatic heterocycles. The van der Waals surface area contributed by atoms with Gasteiger partial charge in [-0.3, -0.25) is 0 Å². The van der Waals surface area contributed by atoms with Crippen molar-refractivity contribution in [2.45, 2.75) is 33.2 Å². The fourth-order valence-electron chi connectivity index (χ4n) is 3.20. The topological polar surface area (TPSA) is 15.3 Å². The first-order valence-corrected chi connectivity index (χ1v) is 7.88. The Hall–Kier alpha value is -1.96. The average Bonchev–Trinajstić information content (AvgIpc) is 3.01. The molecule has 2 heteroatoms. The first-order valence-electron chi connectivity index (χ1n) is 7.88. The van der Waals surface area contributed by atoms with Crippen LogP contribution in [-0.4, -0.2) is 13.1 Å². The van der Waals surface area contributed by atoms with E-state index >= 15 is 0 Å². The van der Waals surface area contributed by atoms with Crippen LogP contribution >= 0.6 is 0 Å². The van der Waals surface area contributed by atoms with Gasteiger partial charge in [-0.1, -0.05) is 36.4 Å². The van der Waals surface area contributed by atoms with Gasteiger partial charge in [-0.15, -0.1) is 0 Å². The van der Waals surface area contributed by atoms with Crippen molar-refractivity contribution in [3.63, 3.8) is 0 Å². The van der Waals surface area contributed by atoms with Crippen LogP contribution in [0.5, 0.6) is 0 Å². The van der Waals surface area contributed by atoms with Crippen LogP contribution in [0.25, 0.3) is 0 Å². The van der Waals surface area contributed by atoms with E-state index < -0.39 is 0 Å². The predicted molar refractivity (Wildman–Crippen MR) is 91.1 cm³/mol. The molecule has 0 amide bonds. The number of nitrogens with zero attached hydrogens (tertiary/aromatic N) is 1. The zero-order valence-corrected chi connectivity index (χ0v) is 13.0. The maximum absolute atomic E-state index is 3.63. The summed E-state index contributed by atoms with van der Waals surface area (Å²) in [5.74, 6) is 0. The third kappa shape index (κ3) is 3.05. The molecule has 1 fully saturated rings. The molecule has 1 aliphatic heterocycles. The van der Waals surface area contributed by atoms with Crippen molar-refractivity contribution in [1.29, 1.82) is 0 Å². The Morgan fingerprint density at radius 3 is 2.29 bits per heavy atom. The second-order valence-corrected chi connectivity index (χ2v) is 5.94. The molecular weight excluding hydrogens is 256 g/mol. The molecule has 0 aliphatic carbocycles. The van der Waals surface area contributed by atoms with Gasteiger partial charge < -0.3 is 10.2 Å². The highest BCUT2D eigenvalue weighted by Crippen LogP contribution is 2.26. The lowest BCUT2D eigenvalue weighted by Crippen LogP contribution is -2.20. The van der Waals surface area contributed by atoms with Crippen molar-refractivity contribution < 1.29 is 0 Å². The third-order valence-corrected chi connectivity index (χ3v) is 4.38. The molecule has 1 N–H and O–H groups in total. The van der Waals surface area contributed by atoms with Crippen LogP contribution in [0.2, 0.25) is 0 Å². The average molecular weight is 280 g/mol. The van der Waals surface area contributed by atoms with Gasteiger partial charge in [0, 0.05) is 31.0 Å². The molecule has 1 aliphatic rings. The first-order chi connectivity index (χ1) is 10.3. The van der Waals surface area contributed by atoms with Crippen LogP contribution in [0.4, 0.5) is 11.4 Å². The van der Waals surface area contributed by atoms with Crippen LogP contribution in [0.1, 0.15) is 29.5 Å². The summed E-state index contributed by atoms with van der Waals surface area (Å²) in [7, 11) is 0. The van der Waals surface area contributed by atoms with Crippen molar-refractivity contribution in [1.82, 2.24) is 0 Å². The number of rotatable bonds is 4. The largest absolute Gasteiger partial charge is 0.380 e. The highest BCUT2D eigenvalue weighted by Gasteiger charge is 2.15. The lowest BCUT2D eigenvalue weighted by Gasteiger charge is -2.22. The summed E-state index contributed by atoms with van der Waals surface area (Å²) in [6, 6.07) is 15.2. The van der Waals surface area contributed by atoms with Crippen molar-refractivity contribution in [2.24, 2.45) is 0 Å². The molecule has 0 spiro atoms. The Kier molecular flexibility index (Phi) is 4.14. The highest BCUT2D eigenvalue weighted by molar-refractivity contribution is 5.59. The molecule has 0 unspecified atom stereocenters. The molecule has 2 aromatic carbocycles. The number of hydrogen-bond acceptors (Lipinski definition) is 2. The Labute approximate surface area is 127 Å². The molecule has 2 aromatic rings. The van der Waals surface area contributed by atoms with E-state index in [4.69, 9.17) is 0 Å². The zero-order valence-electron chi connectivity index (χ0n) is 13.0. The van der Waals surface area contributed by atoms with E-state index in [0.717, 1.165) is 6.54 Å². The molecule has 0 atom stereocenters. The van der Waals surface area contributed by atoms with E-state index in [2.05, 4.69) is 66.5 Å². The van der Waals surface area contributed by atoms with Crippen LogP contribution in [0, 0.1) is 13.8 Å². The molecular formula is C19H24N2. The number of aryl methyl sites for hydroxylation is 2. The van der Waals surface area contributed by atoms with Gasteiger partial charge in [0.2, 0.25) is 0 Å². The van der Waals surface area contributed by atoms with Crippen molar-refractivity contribution >= 4 is 11.4 Å². The summed E-state index contributed by atoms with van der Waals surface area (Å²) < 4.78 is 0. The van der Waals surface area contributed by atoms with Gasteiger partial charge in [-0.2, -0.15) is 0 Å². The van der Waals surface area contributed by atoms with Crippen molar-refractivity contribution in [2.75, 3.05) is 23.3 Å². The number of nitrogens with one attached hydrogen (secondary N) is 1. The smallest absolute Gasteiger partial charge is 0.0421 e. The minimum absolute atomic E-state index is 0.887. The molecule has 2 nitrogen and oxygen atoms in total. The summed E-state index contributed by atoms with van der Waals surface area (Å²) in [6.07, 6.45) is 2.64. The lowest BCUT2D eigenvalue weighted by atomic mass is 10.1. The van der Waals surface area contributed by atoms with Gasteiger partial charge in [0.1, 0.15) is 0 Å². The van der Waals surface area contributed by atoms with Gasteiger partial charge >= 0.3 is 0 Å². The molecule has 110 valence electrons. The van der Waals surface area contributed by atoms with E-state index in [1.165, 1.54) is 54.0 Å². The van der Waals surface area contributed by atoms with Gasteiger partial charge in [-0.25, -0.2) is 0 Å². The lowest BCUT2D eigenvalue weighted by molar-refractivity contribution is 0.949. The van der Waals surface area contributed by atoms with Crippen LogP contribution in [0.3, 0.4) is 0 Å². The minimum atomic E-state index is 0.887.